The van der Waals surface area contributed by atoms with Gasteiger partial charge in [-0.15, -0.1) is 0 Å². The summed E-state index contributed by atoms with van der Waals surface area (Å²) in [5.41, 5.74) is 11.7. The lowest BCUT2D eigenvalue weighted by molar-refractivity contribution is 0.834. The molecule has 0 amide bonds. The van der Waals surface area contributed by atoms with Crippen molar-refractivity contribution in [3.05, 3.63) is 53.1 Å². The molecule has 70 valence electrons. The molecule has 0 heterocycles. The SMILES string of the molecule is NC1C=CC2=C(C1)c1ccccc1C2. The average molecular weight is 183 g/mol. The Morgan fingerprint density at radius 1 is 1.21 bits per heavy atom. The Labute approximate surface area is 83.9 Å². The molecular formula is C13H13N. The van der Waals surface area contributed by atoms with Crippen LogP contribution in [0.5, 0.6) is 0 Å². The van der Waals surface area contributed by atoms with Crippen molar-refractivity contribution in [3.8, 4) is 0 Å². The molecule has 0 fully saturated rings. The summed E-state index contributed by atoms with van der Waals surface area (Å²) < 4.78 is 0. The molecule has 0 spiro atoms. The Morgan fingerprint density at radius 3 is 3.00 bits per heavy atom. The molecule has 1 aromatic carbocycles. The Hall–Kier alpha value is -1.34. The second kappa shape index (κ2) is 2.82. The van der Waals surface area contributed by atoms with Gasteiger partial charge >= 0.3 is 0 Å². The van der Waals surface area contributed by atoms with E-state index in [4.69, 9.17) is 5.73 Å². The van der Waals surface area contributed by atoms with E-state index in [1.165, 1.54) is 22.3 Å². The first-order valence-electron chi connectivity index (χ1n) is 5.08. The molecular weight excluding hydrogens is 170 g/mol. The molecule has 0 radical (unpaired) electrons. The third kappa shape index (κ3) is 1.06. The van der Waals surface area contributed by atoms with Gasteiger partial charge in [-0.05, 0) is 35.1 Å². The number of nitrogens with two attached hydrogens (primary N) is 1. The molecule has 0 bridgehead atoms. The van der Waals surface area contributed by atoms with E-state index in [1.807, 2.05) is 0 Å². The molecule has 2 aliphatic carbocycles. The topological polar surface area (TPSA) is 26.0 Å². The Bertz CT molecular complexity index is 440. The van der Waals surface area contributed by atoms with Gasteiger partial charge in [-0.3, -0.25) is 0 Å². The van der Waals surface area contributed by atoms with Gasteiger partial charge in [-0.25, -0.2) is 0 Å². The van der Waals surface area contributed by atoms with Gasteiger partial charge < -0.3 is 5.73 Å². The van der Waals surface area contributed by atoms with Gasteiger partial charge in [-0.2, -0.15) is 0 Å². The summed E-state index contributed by atoms with van der Waals surface area (Å²) in [6, 6.07) is 8.86. The van der Waals surface area contributed by atoms with Gasteiger partial charge in [0, 0.05) is 6.04 Å². The zero-order chi connectivity index (χ0) is 9.54. The molecule has 0 saturated carbocycles. The van der Waals surface area contributed by atoms with Crippen LogP contribution >= 0.6 is 0 Å². The van der Waals surface area contributed by atoms with E-state index in [1.54, 1.807) is 0 Å². The van der Waals surface area contributed by atoms with Crippen molar-refractivity contribution in [1.29, 1.82) is 0 Å². The minimum absolute atomic E-state index is 0.208. The van der Waals surface area contributed by atoms with Crippen LogP contribution in [0.2, 0.25) is 0 Å². The highest BCUT2D eigenvalue weighted by Crippen LogP contribution is 2.38. The molecule has 14 heavy (non-hydrogen) atoms. The fourth-order valence-corrected chi connectivity index (χ4v) is 2.40. The van der Waals surface area contributed by atoms with Gasteiger partial charge in [0.1, 0.15) is 0 Å². The van der Waals surface area contributed by atoms with Gasteiger partial charge in [0.05, 0.1) is 0 Å². The monoisotopic (exact) mass is 183 g/mol. The third-order valence-corrected chi connectivity index (χ3v) is 3.10. The molecule has 0 saturated heterocycles. The summed E-state index contributed by atoms with van der Waals surface area (Å²) in [4.78, 5) is 0. The molecule has 1 unspecified atom stereocenters. The first-order chi connectivity index (χ1) is 6.84. The van der Waals surface area contributed by atoms with Crippen LogP contribution in [-0.2, 0) is 6.42 Å². The smallest absolute Gasteiger partial charge is 0.0268 e. The molecule has 2 aliphatic rings. The number of hydrogen-bond acceptors (Lipinski definition) is 1. The summed E-state index contributed by atoms with van der Waals surface area (Å²) in [5, 5.41) is 0. The van der Waals surface area contributed by atoms with Crippen LogP contribution in [0, 0.1) is 0 Å². The lowest BCUT2D eigenvalue weighted by atomic mass is 9.94. The lowest BCUT2D eigenvalue weighted by Gasteiger charge is -2.14. The number of hydrogen-bond donors (Lipinski definition) is 1. The summed E-state index contributed by atoms with van der Waals surface area (Å²) in [7, 11) is 0. The summed E-state index contributed by atoms with van der Waals surface area (Å²) in [6.07, 6.45) is 6.41. The average Bonchev–Trinajstić information content (AvgIpc) is 2.56. The molecule has 1 aromatic rings. The highest BCUT2D eigenvalue weighted by atomic mass is 14.6. The van der Waals surface area contributed by atoms with Crippen molar-refractivity contribution >= 4 is 5.57 Å². The van der Waals surface area contributed by atoms with Crippen molar-refractivity contribution in [2.45, 2.75) is 18.9 Å². The van der Waals surface area contributed by atoms with E-state index in [-0.39, 0.29) is 6.04 Å². The number of rotatable bonds is 0. The highest BCUT2D eigenvalue weighted by molar-refractivity contribution is 5.79. The Morgan fingerprint density at radius 2 is 2.07 bits per heavy atom. The maximum absolute atomic E-state index is 5.93. The van der Waals surface area contributed by atoms with E-state index < -0.39 is 0 Å². The standard InChI is InChI=1S/C13H13N/c14-11-6-5-10-7-9-3-1-2-4-12(9)13(10)8-11/h1-6,11H,7-8,14H2. The van der Waals surface area contributed by atoms with E-state index in [0.717, 1.165) is 12.8 Å². The molecule has 2 N–H and O–H groups in total. The second-order valence-electron chi connectivity index (χ2n) is 4.06. The third-order valence-electron chi connectivity index (χ3n) is 3.10. The predicted molar refractivity (Wildman–Crippen MR) is 58.8 cm³/mol. The van der Waals surface area contributed by atoms with Crippen LogP contribution in [0.25, 0.3) is 5.57 Å². The molecule has 1 nitrogen and oxygen atoms in total. The van der Waals surface area contributed by atoms with E-state index in [0.29, 0.717) is 0 Å². The van der Waals surface area contributed by atoms with E-state index >= 15 is 0 Å². The van der Waals surface area contributed by atoms with Crippen molar-refractivity contribution in [2.75, 3.05) is 0 Å². The van der Waals surface area contributed by atoms with Gasteiger partial charge in [0.2, 0.25) is 0 Å². The predicted octanol–water partition coefficient (Wildman–Crippen LogP) is 2.28. The first-order valence-corrected chi connectivity index (χ1v) is 5.08. The molecule has 0 aliphatic heterocycles. The fraction of sp³-hybridized carbons (Fsp3) is 0.231. The second-order valence-corrected chi connectivity index (χ2v) is 4.06. The van der Waals surface area contributed by atoms with Gasteiger partial charge in [0.15, 0.2) is 0 Å². The van der Waals surface area contributed by atoms with Crippen LogP contribution in [0.3, 0.4) is 0 Å². The summed E-state index contributed by atoms with van der Waals surface area (Å²) >= 11 is 0. The van der Waals surface area contributed by atoms with Crippen molar-refractivity contribution in [3.63, 3.8) is 0 Å². The van der Waals surface area contributed by atoms with E-state index in [2.05, 4.69) is 36.4 Å². The van der Waals surface area contributed by atoms with Crippen LogP contribution < -0.4 is 5.73 Å². The highest BCUT2D eigenvalue weighted by Gasteiger charge is 2.22. The normalized spacial score (nSPS) is 23.6. The van der Waals surface area contributed by atoms with Crippen molar-refractivity contribution < 1.29 is 0 Å². The number of benzene rings is 1. The minimum Gasteiger partial charge on any atom is -0.324 e. The zero-order valence-corrected chi connectivity index (χ0v) is 8.03. The quantitative estimate of drug-likeness (QED) is 0.656. The largest absolute Gasteiger partial charge is 0.324 e. The van der Waals surface area contributed by atoms with Crippen LogP contribution in [-0.4, -0.2) is 6.04 Å². The number of fused-ring (bicyclic) bond motifs is 2. The van der Waals surface area contributed by atoms with Crippen molar-refractivity contribution in [2.24, 2.45) is 5.73 Å². The molecule has 1 heteroatoms. The fourth-order valence-electron chi connectivity index (χ4n) is 2.40. The Kier molecular flexibility index (Phi) is 1.62. The minimum atomic E-state index is 0.208. The molecule has 3 rings (SSSR count). The van der Waals surface area contributed by atoms with Gasteiger partial charge in [-0.1, -0.05) is 36.4 Å². The summed E-state index contributed by atoms with van der Waals surface area (Å²) in [5.74, 6) is 0. The summed E-state index contributed by atoms with van der Waals surface area (Å²) in [6.45, 7) is 0. The van der Waals surface area contributed by atoms with Crippen LogP contribution in [0.4, 0.5) is 0 Å². The lowest BCUT2D eigenvalue weighted by Crippen LogP contribution is -2.19. The van der Waals surface area contributed by atoms with Gasteiger partial charge in [0.25, 0.3) is 0 Å². The maximum Gasteiger partial charge on any atom is 0.0268 e. The van der Waals surface area contributed by atoms with E-state index in [9.17, 15) is 0 Å². The van der Waals surface area contributed by atoms with Crippen LogP contribution in [0.1, 0.15) is 17.5 Å². The first kappa shape index (κ1) is 8.01. The number of allylic oxidation sites excluding steroid dienone is 2. The molecule has 0 aromatic heterocycles. The Balaban J connectivity index is 2.12. The van der Waals surface area contributed by atoms with Crippen LogP contribution in [0.15, 0.2) is 42.0 Å². The maximum atomic E-state index is 5.93. The zero-order valence-electron chi connectivity index (χ0n) is 8.03. The molecule has 1 atom stereocenters. The van der Waals surface area contributed by atoms with Crippen molar-refractivity contribution in [1.82, 2.24) is 0 Å².